The van der Waals surface area contributed by atoms with E-state index in [-0.39, 0.29) is 18.4 Å². The topological polar surface area (TPSA) is 145 Å². The molecule has 0 bridgehead atoms. The quantitative estimate of drug-likeness (QED) is 0.521. The molecule has 3 rings (SSSR count). The Morgan fingerprint density at radius 3 is 3.00 bits per heavy atom. The Morgan fingerprint density at radius 1 is 1.53 bits per heavy atom. The highest BCUT2D eigenvalue weighted by molar-refractivity contribution is 5.82. The van der Waals surface area contributed by atoms with E-state index in [0.29, 0.717) is 11.2 Å². The second kappa shape index (κ2) is 4.30. The van der Waals surface area contributed by atoms with Crippen molar-refractivity contribution < 1.29 is 16.3 Å². The fourth-order valence-electron chi connectivity index (χ4n) is 2.05. The minimum atomic E-state index is -1.10. The van der Waals surface area contributed by atoms with Crippen molar-refractivity contribution in [2.75, 3.05) is 18.1 Å². The van der Waals surface area contributed by atoms with Crippen LogP contribution in [-0.2, 0) is 4.74 Å². The number of nitrogens with two attached hydrogens (primary N) is 2. The van der Waals surface area contributed by atoms with Gasteiger partial charge in [0.2, 0.25) is 5.95 Å². The normalized spacial score (nSPS) is 31.8. The Morgan fingerprint density at radius 2 is 2.32 bits per heavy atom. The first kappa shape index (κ1) is 10.9. The molecule has 0 aliphatic carbocycles. The number of hydrogen-bond acceptors (Lipinski definition) is 8. The van der Waals surface area contributed by atoms with Crippen LogP contribution in [0.5, 0.6) is 0 Å². The highest BCUT2D eigenvalue weighted by Gasteiger charge is 2.35. The van der Waals surface area contributed by atoms with Crippen LogP contribution in [0.2, 0.25) is 0 Å². The fraction of sp³-hybridized carbons (Fsp3) is 0.500. The number of anilines is 2. The van der Waals surface area contributed by atoms with Gasteiger partial charge in [0.15, 0.2) is 11.5 Å². The van der Waals surface area contributed by atoms with Gasteiger partial charge in [0, 0.05) is 7.77 Å². The maximum Gasteiger partial charge on any atom is 0.224 e. The van der Waals surface area contributed by atoms with Crippen molar-refractivity contribution in [3.63, 3.8) is 0 Å². The SMILES string of the molecule is [2H][C@H]1[C@H](O)[C@@H](CO)O[C@H]1n1cnc2c(N)nc(N)nc21. The van der Waals surface area contributed by atoms with Crippen molar-refractivity contribution in [1.82, 2.24) is 19.5 Å². The molecule has 2 aromatic heterocycles. The van der Waals surface area contributed by atoms with Crippen LogP contribution in [0.15, 0.2) is 6.33 Å². The second-order valence-corrected chi connectivity index (χ2v) is 4.22. The average molecular weight is 267 g/mol. The van der Waals surface area contributed by atoms with Crippen molar-refractivity contribution in [3.8, 4) is 0 Å². The number of rotatable bonds is 2. The van der Waals surface area contributed by atoms with Gasteiger partial charge in [-0.1, -0.05) is 0 Å². The van der Waals surface area contributed by atoms with Gasteiger partial charge in [-0.2, -0.15) is 9.97 Å². The summed E-state index contributed by atoms with van der Waals surface area (Å²) in [7, 11) is 0. The summed E-state index contributed by atoms with van der Waals surface area (Å²) < 4.78 is 14.9. The van der Waals surface area contributed by atoms with Gasteiger partial charge in [0.1, 0.15) is 17.8 Å². The van der Waals surface area contributed by atoms with Crippen molar-refractivity contribution in [2.45, 2.75) is 24.8 Å². The maximum absolute atomic E-state index is 9.82. The van der Waals surface area contributed by atoms with Crippen LogP contribution in [0.25, 0.3) is 11.2 Å². The summed E-state index contributed by atoms with van der Waals surface area (Å²) in [5, 5.41) is 18.9. The smallest absolute Gasteiger partial charge is 0.224 e. The number of nitrogen functional groups attached to an aromatic ring is 2. The van der Waals surface area contributed by atoms with E-state index in [0.717, 1.165) is 0 Å². The zero-order valence-corrected chi connectivity index (χ0v) is 9.84. The lowest BCUT2D eigenvalue weighted by Gasteiger charge is -2.13. The van der Waals surface area contributed by atoms with Gasteiger partial charge in [-0.05, 0) is 0 Å². The standard InChI is InChI=1S/C10H14N6O3/c11-8-7-9(15-10(12)14-8)16(3-13-7)6-1-4(18)5(2-17)19-6/h3-6,17-18H,1-2H2,(H4,11,12,14,15)/t4-,5+,6+/m0/s1/i1D/t1-,4-,5+,6+. The number of imidazole rings is 1. The molecule has 1 aliphatic rings. The third kappa shape index (κ3) is 1.87. The zero-order chi connectivity index (χ0) is 14.4. The van der Waals surface area contributed by atoms with Crippen LogP contribution >= 0.6 is 0 Å². The number of fused-ring (bicyclic) bond motifs is 1. The largest absolute Gasteiger partial charge is 0.394 e. The molecule has 1 fully saturated rings. The van der Waals surface area contributed by atoms with Gasteiger partial charge >= 0.3 is 0 Å². The van der Waals surface area contributed by atoms with E-state index in [1.807, 2.05) is 0 Å². The van der Waals surface area contributed by atoms with Crippen LogP contribution in [0.3, 0.4) is 0 Å². The second-order valence-electron chi connectivity index (χ2n) is 4.22. The minimum Gasteiger partial charge on any atom is -0.394 e. The number of nitrogens with zero attached hydrogens (tertiary/aromatic N) is 4. The van der Waals surface area contributed by atoms with Crippen molar-refractivity contribution >= 4 is 22.9 Å². The number of aromatic nitrogens is 4. The predicted octanol–water partition coefficient (Wildman–Crippen LogP) is -1.37. The molecule has 0 unspecified atom stereocenters. The van der Waals surface area contributed by atoms with Crippen LogP contribution in [-0.4, -0.2) is 48.5 Å². The molecular formula is C10H14N6O3. The molecular weight excluding hydrogens is 252 g/mol. The van der Waals surface area contributed by atoms with Crippen LogP contribution < -0.4 is 11.5 Å². The van der Waals surface area contributed by atoms with Crippen molar-refractivity contribution in [3.05, 3.63) is 6.33 Å². The summed E-state index contributed by atoms with van der Waals surface area (Å²) in [6.45, 7) is -0.376. The van der Waals surface area contributed by atoms with Gasteiger partial charge in [-0.3, -0.25) is 4.57 Å². The molecule has 6 N–H and O–H groups in total. The molecule has 2 aromatic rings. The summed E-state index contributed by atoms with van der Waals surface area (Å²) in [6, 6.07) is 0. The Balaban J connectivity index is 2.07. The van der Waals surface area contributed by atoms with E-state index >= 15 is 0 Å². The molecule has 9 heteroatoms. The molecule has 0 spiro atoms. The lowest BCUT2D eigenvalue weighted by atomic mass is 10.2. The van der Waals surface area contributed by atoms with E-state index < -0.39 is 24.8 Å². The van der Waals surface area contributed by atoms with Gasteiger partial charge in [0.25, 0.3) is 0 Å². The molecule has 1 aliphatic heterocycles. The highest BCUT2D eigenvalue weighted by Crippen LogP contribution is 2.31. The molecule has 9 nitrogen and oxygen atoms in total. The molecule has 0 aromatic carbocycles. The average Bonchev–Trinajstić information content (AvgIpc) is 2.93. The molecule has 1 saturated heterocycles. The summed E-state index contributed by atoms with van der Waals surface area (Å²) in [5.74, 6) is 0.112. The summed E-state index contributed by atoms with van der Waals surface area (Å²) in [4.78, 5) is 11.9. The molecule has 0 radical (unpaired) electrons. The Bertz CT molecular complexity index is 649. The van der Waals surface area contributed by atoms with Gasteiger partial charge in [-0.15, -0.1) is 0 Å². The van der Waals surface area contributed by atoms with Gasteiger partial charge in [-0.25, -0.2) is 4.98 Å². The third-order valence-corrected chi connectivity index (χ3v) is 2.98. The number of aliphatic hydroxyl groups excluding tert-OH is 2. The van der Waals surface area contributed by atoms with Gasteiger partial charge < -0.3 is 26.4 Å². The summed E-state index contributed by atoms with van der Waals surface area (Å²) >= 11 is 0. The van der Waals surface area contributed by atoms with E-state index in [9.17, 15) is 5.11 Å². The first-order valence-electron chi connectivity index (χ1n) is 6.23. The molecule has 0 saturated carbocycles. The lowest BCUT2D eigenvalue weighted by Crippen LogP contribution is -2.24. The molecule has 0 amide bonds. The fourth-order valence-corrected chi connectivity index (χ4v) is 2.05. The number of hydrogen-bond donors (Lipinski definition) is 4. The molecule has 4 atom stereocenters. The molecule has 102 valence electrons. The van der Waals surface area contributed by atoms with Crippen LogP contribution in [0, 0.1) is 0 Å². The van der Waals surface area contributed by atoms with Gasteiger partial charge in [0.05, 0.1) is 19.0 Å². The Hall–Kier alpha value is -1.97. The summed E-state index contributed by atoms with van der Waals surface area (Å²) in [6.07, 6.45) is -2.34. The molecule has 3 heterocycles. The van der Waals surface area contributed by atoms with Crippen molar-refractivity contribution in [2.24, 2.45) is 0 Å². The van der Waals surface area contributed by atoms with E-state index in [2.05, 4.69) is 15.0 Å². The predicted molar refractivity (Wildman–Crippen MR) is 65.8 cm³/mol. The van der Waals surface area contributed by atoms with E-state index in [1.54, 1.807) is 0 Å². The Labute approximate surface area is 109 Å². The summed E-state index contributed by atoms with van der Waals surface area (Å²) in [5.41, 5.74) is 11.9. The Kier molecular flexibility index (Phi) is 2.47. The minimum absolute atomic E-state index is 0.0180. The van der Waals surface area contributed by atoms with Crippen LogP contribution in [0.4, 0.5) is 11.8 Å². The third-order valence-electron chi connectivity index (χ3n) is 2.98. The maximum atomic E-state index is 9.82. The molecule has 19 heavy (non-hydrogen) atoms. The van der Waals surface area contributed by atoms with Crippen molar-refractivity contribution in [1.29, 1.82) is 0 Å². The number of aliphatic hydroxyl groups is 2. The first-order chi connectivity index (χ1) is 9.52. The lowest BCUT2D eigenvalue weighted by molar-refractivity contribution is -0.0432. The van der Waals surface area contributed by atoms with E-state index in [1.165, 1.54) is 10.9 Å². The number of ether oxygens (including phenoxy) is 1. The first-order valence-corrected chi connectivity index (χ1v) is 5.65. The van der Waals surface area contributed by atoms with Crippen LogP contribution in [0.1, 0.15) is 14.0 Å². The zero-order valence-electron chi connectivity index (χ0n) is 10.8. The monoisotopic (exact) mass is 267 g/mol. The van der Waals surface area contributed by atoms with E-state index in [4.69, 9.17) is 22.7 Å². The highest BCUT2D eigenvalue weighted by atomic mass is 16.5.